The first-order chi connectivity index (χ1) is 14.6. The second-order valence-corrected chi connectivity index (χ2v) is 7.91. The Labute approximate surface area is 176 Å². The number of rotatable bonds is 5. The van der Waals surface area contributed by atoms with Gasteiger partial charge >= 0.3 is 5.97 Å². The van der Waals surface area contributed by atoms with Crippen LogP contribution in [0.1, 0.15) is 47.4 Å². The van der Waals surface area contributed by atoms with Crippen molar-refractivity contribution in [2.75, 3.05) is 11.9 Å². The largest absolute Gasteiger partial charge is 0.452 e. The quantitative estimate of drug-likeness (QED) is 0.627. The SMILES string of the molecule is CCc1ccccc1NC(=O)COC(=O)c1c2c(nc3ccccc13)CC[C@H](C)C2. The van der Waals surface area contributed by atoms with Gasteiger partial charge in [-0.05, 0) is 54.9 Å². The van der Waals surface area contributed by atoms with E-state index in [4.69, 9.17) is 9.72 Å². The van der Waals surface area contributed by atoms with Gasteiger partial charge in [-0.2, -0.15) is 0 Å². The van der Waals surface area contributed by atoms with Gasteiger partial charge in [-0.3, -0.25) is 9.78 Å². The highest BCUT2D eigenvalue weighted by atomic mass is 16.5. The first-order valence-electron chi connectivity index (χ1n) is 10.5. The number of nitrogens with zero attached hydrogens (tertiary/aromatic N) is 1. The Hall–Kier alpha value is -3.21. The van der Waals surface area contributed by atoms with Gasteiger partial charge in [0, 0.05) is 16.8 Å². The van der Waals surface area contributed by atoms with Gasteiger partial charge in [0.15, 0.2) is 6.61 Å². The van der Waals surface area contributed by atoms with Crippen LogP contribution in [0.2, 0.25) is 0 Å². The number of esters is 1. The fourth-order valence-electron chi connectivity index (χ4n) is 4.14. The summed E-state index contributed by atoms with van der Waals surface area (Å²) in [6.07, 6.45) is 3.53. The smallest absolute Gasteiger partial charge is 0.339 e. The van der Waals surface area contributed by atoms with E-state index in [-0.39, 0.29) is 12.5 Å². The Morgan fingerprint density at radius 1 is 1.13 bits per heavy atom. The fourth-order valence-corrected chi connectivity index (χ4v) is 4.14. The molecule has 1 atom stereocenters. The minimum Gasteiger partial charge on any atom is -0.452 e. The molecule has 0 saturated heterocycles. The third-order valence-corrected chi connectivity index (χ3v) is 5.72. The lowest BCUT2D eigenvalue weighted by molar-refractivity contribution is -0.119. The van der Waals surface area contributed by atoms with Gasteiger partial charge in [-0.15, -0.1) is 0 Å². The summed E-state index contributed by atoms with van der Waals surface area (Å²) in [7, 11) is 0. The monoisotopic (exact) mass is 402 g/mol. The van der Waals surface area contributed by atoms with Crippen LogP contribution in [0.4, 0.5) is 5.69 Å². The van der Waals surface area contributed by atoms with Crippen molar-refractivity contribution in [1.82, 2.24) is 4.98 Å². The maximum Gasteiger partial charge on any atom is 0.339 e. The first-order valence-corrected chi connectivity index (χ1v) is 10.5. The number of anilines is 1. The van der Waals surface area contributed by atoms with Crippen LogP contribution in [-0.4, -0.2) is 23.5 Å². The van der Waals surface area contributed by atoms with Crippen LogP contribution >= 0.6 is 0 Å². The summed E-state index contributed by atoms with van der Waals surface area (Å²) in [4.78, 5) is 30.3. The number of ether oxygens (including phenoxy) is 1. The topological polar surface area (TPSA) is 68.3 Å². The van der Waals surface area contributed by atoms with Crippen molar-refractivity contribution in [3.8, 4) is 0 Å². The lowest BCUT2D eigenvalue weighted by Gasteiger charge is -2.24. The fraction of sp³-hybridized carbons (Fsp3) is 0.320. The molecule has 1 amide bonds. The van der Waals surface area contributed by atoms with Crippen molar-refractivity contribution in [2.24, 2.45) is 5.92 Å². The van der Waals surface area contributed by atoms with Crippen LogP contribution in [-0.2, 0) is 28.8 Å². The molecular weight excluding hydrogens is 376 g/mol. The molecule has 1 aliphatic rings. The molecule has 0 radical (unpaired) electrons. The molecule has 1 aliphatic carbocycles. The number of carbonyl (C=O) groups is 2. The van der Waals surface area contributed by atoms with E-state index in [1.165, 1.54) is 0 Å². The van der Waals surface area contributed by atoms with E-state index in [1.807, 2.05) is 55.5 Å². The number of hydrogen-bond acceptors (Lipinski definition) is 4. The average Bonchev–Trinajstić information content (AvgIpc) is 2.76. The van der Waals surface area contributed by atoms with Crippen LogP contribution in [0.3, 0.4) is 0 Å². The van der Waals surface area contributed by atoms with E-state index in [2.05, 4.69) is 12.2 Å². The number of carbonyl (C=O) groups excluding carboxylic acids is 2. The minimum absolute atomic E-state index is 0.322. The standard InChI is InChI=1S/C25H26N2O3/c1-3-17-8-4-6-10-20(17)27-23(28)15-30-25(29)24-18-9-5-7-11-21(18)26-22-13-12-16(2)14-19(22)24/h4-11,16H,3,12-15H2,1-2H3,(H,27,28)/t16-/m0/s1. The maximum absolute atomic E-state index is 13.1. The lowest BCUT2D eigenvalue weighted by atomic mass is 9.84. The zero-order valence-corrected chi connectivity index (χ0v) is 17.4. The summed E-state index contributed by atoms with van der Waals surface area (Å²) in [6, 6.07) is 15.3. The van der Waals surface area contributed by atoms with Gasteiger partial charge < -0.3 is 10.1 Å². The second kappa shape index (κ2) is 8.66. The van der Waals surface area contributed by atoms with Gasteiger partial charge in [-0.1, -0.05) is 50.2 Å². The van der Waals surface area contributed by atoms with Gasteiger partial charge in [0.05, 0.1) is 11.1 Å². The summed E-state index contributed by atoms with van der Waals surface area (Å²) in [5.41, 5.74) is 5.08. The third-order valence-electron chi connectivity index (χ3n) is 5.72. The van der Waals surface area contributed by atoms with E-state index in [0.717, 1.165) is 59.1 Å². The molecule has 5 nitrogen and oxygen atoms in total. The zero-order chi connectivity index (χ0) is 21.1. The molecule has 1 heterocycles. The third kappa shape index (κ3) is 4.06. The first kappa shape index (κ1) is 20.1. The highest BCUT2D eigenvalue weighted by Crippen LogP contribution is 2.32. The number of nitrogens with one attached hydrogen (secondary N) is 1. The highest BCUT2D eigenvalue weighted by Gasteiger charge is 2.26. The van der Waals surface area contributed by atoms with Gasteiger partial charge in [0.2, 0.25) is 0 Å². The Morgan fingerprint density at radius 3 is 2.73 bits per heavy atom. The normalized spacial score (nSPS) is 15.5. The molecule has 2 aromatic carbocycles. The number of para-hydroxylation sites is 2. The Kier molecular flexibility index (Phi) is 5.79. The molecule has 0 bridgehead atoms. The molecule has 1 N–H and O–H groups in total. The molecule has 4 rings (SSSR count). The Bertz CT molecular complexity index is 1110. The van der Waals surface area contributed by atoms with E-state index >= 15 is 0 Å². The van der Waals surface area contributed by atoms with E-state index in [0.29, 0.717) is 11.5 Å². The zero-order valence-electron chi connectivity index (χ0n) is 17.4. The van der Waals surface area contributed by atoms with Crippen molar-refractivity contribution >= 4 is 28.5 Å². The summed E-state index contributed by atoms with van der Waals surface area (Å²) in [5.74, 6) is -0.316. The highest BCUT2D eigenvalue weighted by molar-refractivity contribution is 6.06. The molecule has 1 aromatic heterocycles. The van der Waals surface area contributed by atoms with Crippen LogP contribution in [0.15, 0.2) is 48.5 Å². The molecule has 0 spiro atoms. The molecule has 3 aromatic rings. The number of aryl methyl sites for hydroxylation is 2. The van der Waals surface area contributed by atoms with Gasteiger partial charge in [0.25, 0.3) is 5.91 Å². The molecule has 30 heavy (non-hydrogen) atoms. The van der Waals surface area contributed by atoms with Gasteiger partial charge in [0.1, 0.15) is 0 Å². The van der Waals surface area contributed by atoms with Crippen molar-refractivity contribution in [3.63, 3.8) is 0 Å². The summed E-state index contributed by atoms with van der Waals surface area (Å²) in [6.45, 7) is 3.90. The van der Waals surface area contributed by atoms with Crippen LogP contribution < -0.4 is 5.32 Å². The van der Waals surface area contributed by atoms with Crippen LogP contribution in [0.5, 0.6) is 0 Å². The number of pyridine rings is 1. The second-order valence-electron chi connectivity index (χ2n) is 7.91. The Morgan fingerprint density at radius 2 is 1.90 bits per heavy atom. The van der Waals surface area contributed by atoms with Crippen molar-refractivity contribution < 1.29 is 14.3 Å². The van der Waals surface area contributed by atoms with Crippen LogP contribution in [0.25, 0.3) is 10.9 Å². The number of aromatic nitrogens is 1. The Balaban J connectivity index is 1.56. The predicted octanol–water partition coefficient (Wildman–Crippen LogP) is 4.72. The number of benzene rings is 2. The number of amides is 1. The molecule has 0 unspecified atom stereocenters. The number of hydrogen-bond donors (Lipinski definition) is 1. The van der Waals surface area contributed by atoms with Crippen molar-refractivity contribution in [3.05, 3.63) is 70.9 Å². The maximum atomic E-state index is 13.1. The number of fused-ring (bicyclic) bond motifs is 2. The molecular formula is C25H26N2O3. The van der Waals surface area contributed by atoms with Crippen molar-refractivity contribution in [2.45, 2.75) is 39.5 Å². The molecule has 0 aliphatic heterocycles. The van der Waals surface area contributed by atoms with E-state index in [1.54, 1.807) is 0 Å². The molecule has 0 fully saturated rings. The molecule has 0 saturated carbocycles. The molecule has 154 valence electrons. The lowest BCUT2D eigenvalue weighted by Crippen LogP contribution is -2.24. The van der Waals surface area contributed by atoms with Crippen molar-refractivity contribution in [1.29, 1.82) is 0 Å². The molecule has 5 heteroatoms. The predicted molar refractivity (Wildman–Crippen MR) is 118 cm³/mol. The van der Waals surface area contributed by atoms with E-state index < -0.39 is 5.97 Å². The van der Waals surface area contributed by atoms with E-state index in [9.17, 15) is 9.59 Å². The van der Waals surface area contributed by atoms with Crippen LogP contribution in [0, 0.1) is 5.92 Å². The summed E-state index contributed by atoms with van der Waals surface area (Å²) < 4.78 is 5.47. The average molecular weight is 402 g/mol. The summed E-state index contributed by atoms with van der Waals surface area (Å²) in [5, 5.41) is 3.63. The van der Waals surface area contributed by atoms with Gasteiger partial charge in [-0.25, -0.2) is 4.79 Å². The summed E-state index contributed by atoms with van der Waals surface area (Å²) >= 11 is 0. The minimum atomic E-state index is -0.460.